The highest BCUT2D eigenvalue weighted by atomic mass is 32.1. The van der Waals surface area contributed by atoms with E-state index in [9.17, 15) is 4.79 Å². The maximum Gasteiger partial charge on any atom is 0.268 e. The molecule has 2 aliphatic rings. The van der Waals surface area contributed by atoms with Crippen molar-refractivity contribution in [1.29, 1.82) is 0 Å². The summed E-state index contributed by atoms with van der Waals surface area (Å²) in [5, 5.41) is 7.45. The molecule has 0 bridgehead atoms. The Morgan fingerprint density at radius 3 is 2.73 bits per heavy atom. The van der Waals surface area contributed by atoms with E-state index in [1.807, 2.05) is 36.5 Å². The lowest BCUT2D eigenvalue weighted by atomic mass is 9.98. The molecule has 0 amide bonds. The number of fused-ring (bicyclic) bond motifs is 1. The first-order valence-corrected chi connectivity index (χ1v) is 16.1. The van der Waals surface area contributed by atoms with Crippen LogP contribution in [0.4, 0.5) is 11.6 Å². The first-order chi connectivity index (χ1) is 21.4. The maximum atomic E-state index is 14.0. The van der Waals surface area contributed by atoms with Crippen LogP contribution in [0.25, 0.3) is 11.0 Å². The molecule has 1 unspecified atom stereocenters. The number of rotatable bonds is 9. The van der Waals surface area contributed by atoms with Gasteiger partial charge in [0.1, 0.15) is 17.5 Å². The minimum absolute atomic E-state index is 0.146. The number of nitrogens with zero attached hydrogens (tertiary/aromatic N) is 6. The SMILES string of the molecule is CN(C)CCc1sncc1Cn1c(=O)c(C#CC2CCNCC2)cc2cnc(Nc3ccc(OC4CCN(C)C4)cc3)nc21. The van der Waals surface area contributed by atoms with Crippen LogP contribution < -0.4 is 20.9 Å². The number of hydrogen-bond donors (Lipinski definition) is 2. The number of nitrogens with one attached hydrogen (secondary N) is 2. The Morgan fingerprint density at radius 2 is 1.98 bits per heavy atom. The van der Waals surface area contributed by atoms with Gasteiger partial charge in [-0.25, -0.2) is 9.36 Å². The summed E-state index contributed by atoms with van der Waals surface area (Å²) in [6, 6.07) is 9.68. The van der Waals surface area contributed by atoms with Gasteiger partial charge in [0.25, 0.3) is 5.56 Å². The number of piperidine rings is 1. The summed E-state index contributed by atoms with van der Waals surface area (Å²) in [5.41, 5.74) is 2.76. The van der Waals surface area contributed by atoms with Crippen molar-refractivity contribution in [2.75, 3.05) is 59.2 Å². The Morgan fingerprint density at radius 1 is 1.16 bits per heavy atom. The van der Waals surface area contributed by atoms with Gasteiger partial charge < -0.3 is 25.2 Å². The van der Waals surface area contributed by atoms with Crippen molar-refractivity contribution in [3.05, 3.63) is 69.1 Å². The van der Waals surface area contributed by atoms with Crippen molar-refractivity contribution in [3.8, 4) is 17.6 Å². The number of aromatic nitrogens is 4. The Hall–Kier alpha value is -3.82. The highest BCUT2D eigenvalue weighted by Crippen LogP contribution is 2.23. The van der Waals surface area contributed by atoms with Gasteiger partial charge in [-0.15, -0.1) is 0 Å². The quantitative estimate of drug-likeness (QED) is 0.275. The third kappa shape index (κ3) is 7.45. The Bertz CT molecular complexity index is 1700. The number of likely N-dealkylation sites (N-methyl/N-ethyl adjacent to an activating group) is 2. The molecule has 0 saturated carbocycles. The van der Waals surface area contributed by atoms with E-state index in [2.05, 4.69) is 62.8 Å². The van der Waals surface area contributed by atoms with Crippen molar-refractivity contribution in [2.24, 2.45) is 5.92 Å². The van der Waals surface area contributed by atoms with E-state index < -0.39 is 0 Å². The van der Waals surface area contributed by atoms with Gasteiger partial charge in [0, 0.05) is 59.5 Å². The van der Waals surface area contributed by atoms with Crippen LogP contribution in [0.5, 0.6) is 5.75 Å². The largest absolute Gasteiger partial charge is 0.489 e. The van der Waals surface area contributed by atoms with Crippen molar-refractivity contribution >= 4 is 34.2 Å². The number of ether oxygens (including phenoxy) is 1. The van der Waals surface area contributed by atoms with Crippen molar-refractivity contribution in [1.82, 2.24) is 34.0 Å². The van der Waals surface area contributed by atoms with Crippen LogP contribution in [-0.4, -0.2) is 88.7 Å². The summed E-state index contributed by atoms with van der Waals surface area (Å²) < 4.78 is 12.3. The Labute approximate surface area is 262 Å². The van der Waals surface area contributed by atoms with Gasteiger partial charge in [-0.2, -0.15) is 4.98 Å². The van der Waals surface area contributed by atoms with Crippen LogP contribution in [-0.2, 0) is 13.0 Å². The summed E-state index contributed by atoms with van der Waals surface area (Å²) in [7, 11) is 6.23. The Balaban J connectivity index is 1.29. The van der Waals surface area contributed by atoms with E-state index in [-0.39, 0.29) is 17.6 Å². The molecule has 6 rings (SSSR count). The van der Waals surface area contributed by atoms with Crippen LogP contribution in [0.15, 0.2) is 47.5 Å². The number of anilines is 2. The van der Waals surface area contributed by atoms with E-state index in [0.717, 1.165) is 80.8 Å². The lowest BCUT2D eigenvalue weighted by molar-refractivity contribution is 0.208. The summed E-state index contributed by atoms with van der Waals surface area (Å²) in [5.74, 6) is 8.13. The smallest absolute Gasteiger partial charge is 0.268 e. The van der Waals surface area contributed by atoms with Crippen molar-refractivity contribution in [3.63, 3.8) is 0 Å². The molecule has 1 atom stereocenters. The average molecular weight is 613 g/mol. The molecule has 44 heavy (non-hydrogen) atoms. The minimum Gasteiger partial charge on any atom is -0.489 e. The first-order valence-electron chi connectivity index (χ1n) is 15.3. The molecule has 1 aromatic carbocycles. The highest BCUT2D eigenvalue weighted by Gasteiger charge is 2.21. The van der Waals surface area contributed by atoms with Gasteiger partial charge in [-0.3, -0.25) is 9.36 Å². The van der Waals surface area contributed by atoms with Gasteiger partial charge in [0.15, 0.2) is 0 Å². The summed E-state index contributed by atoms with van der Waals surface area (Å²) in [4.78, 5) is 29.0. The van der Waals surface area contributed by atoms with Crippen molar-refractivity contribution in [2.45, 2.75) is 38.3 Å². The number of likely N-dealkylation sites (tertiary alicyclic amines) is 1. The van der Waals surface area contributed by atoms with Gasteiger partial charge in [-0.05, 0) is 102 Å². The topological polar surface area (TPSA) is 100 Å². The fourth-order valence-corrected chi connectivity index (χ4v) is 6.37. The molecule has 10 nitrogen and oxygen atoms in total. The van der Waals surface area contributed by atoms with Crippen LogP contribution in [0, 0.1) is 17.8 Å². The molecule has 4 aromatic rings. The van der Waals surface area contributed by atoms with Crippen molar-refractivity contribution < 1.29 is 4.74 Å². The van der Waals surface area contributed by atoms with Crippen LogP contribution in [0.1, 0.15) is 35.3 Å². The van der Waals surface area contributed by atoms with Gasteiger partial charge in [0.05, 0.1) is 12.1 Å². The number of hydrogen-bond acceptors (Lipinski definition) is 10. The van der Waals surface area contributed by atoms with E-state index in [4.69, 9.17) is 9.72 Å². The third-order valence-electron chi connectivity index (χ3n) is 8.18. The number of benzene rings is 1. The summed E-state index contributed by atoms with van der Waals surface area (Å²) >= 11 is 1.49. The lowest BCUT2D eigenvalue weighted by Crippen LogP contribution is -2.27. The predicted octanol–water partition coefficient (Wildman–Crippen LogP) is 3.58. The fourth-order valence-electron chi connectivity index (χ4n) is 5.65. The highest BCUT2D eigenvalue weighted by molar-refractivity contribution is 7.05. The summed E-state index contributed by atoms with van der Waals surface area (Å²) in [6.07, 6.45) is 7.75. The minimum atomic E-state index is -0.146. The zero-order chi connectivity index (χ0) is 30.5. The van der Waals surface area contributed by atoms with E-state index >= 15 is 0 Å². The lowest BCUT2D eigenvalue weighted by Gasteiger charge is -2.17. The first kappa shape index (κ1) is 30.2. The standard InChI is InChI=1S/C33H40N8O2S/c1-39(2)16-13-30-26(20-36-44-30)21-41-31-25(18-24(32(41)42)5-4-23-10-14-34-15-11-23)19-35-33(38-31)37-27-6-8-28(9-7-27)43-29-12-17-40(3)22-29/h6-9,18-20,23,29,34H,10-17,21-22H2,1-3H3,(H,35,37,38). The zero-order valence-electron chi connectivity index (χ0n) is 25.7. The molecular weight excluding hydrogens is 572 g/mol. The monoisotopic (exact) mass is 612 g/mol. The van der Waals surface area contributed by atoms with Gasteiger partial charge >= 0.3 is 0 Å². The molecular formula is C33H40N8O2S. The molecule has 0 radical (unpaired) electrons. The second-order valence-corrected chi connectivity index (χ2v) is 12.9. The second kappa shape index (κ2) is 13.9. The van der Waals surface area contributed by atoms with Crippen LogP contribution in [0.3, 0.4) is 0 Å². The van der Waals surface area contributed by atoms with E-state index in [1.54, 1.807) is 10.8 Å². The normalized spacial score (nSPS) is 17.6. The molecule has 0 aliphatic carbocycles. The molecule has 3 aromatic heterocycles. The van der Waals surface area contributed by atoms with Gasteiger partial charge in [-0.1, -0.05) is 11.8 Å². The average Bonchev–Trinajstić information content (AvgIpc) is 3.66. The van der Waals surface area contributed by atoms with Gasteiger partial charge in [0.2, 0.25) is 5.95 Å². The Kier molecular flexibility index (Phi) is 9.52. The molecule has 2 saturated heterocycles. The van der Waals surface area contributed by atoms with Crippen LogP contribution in [0.2, 0.25) is 0 Å². The molecule has 2 fully saturated rings. The summed E-state index contributed by atoms with van der Waals surface area (Å²) in [6.45, 7) is 5.19. The fraction of sp³-hybridized carbons (Fsp3) is 0.455. The number of pyridine rings is 1. The van der Waals surface area contributed by atoms with E-state index in [0.29, 0.717) is 23.7 Å². The molecule has 2 aliphatic heterocycles. The predicted molar refractivity (Wildman–Crippen MR) is 176 cm³/mol. The molecule has 0 spiro atoms. The third-order valence-corrected chi connectivity index (χ3v) is 9.08. The maximum absolute atomic E-state index is 14.0. The zero-order valence-corrected chi connectivity index (χ0v) is 26.5. The molecule has 5 heterocycles. The molecule has 2 N–H and O–H groups in total. The molecule has 230 valence electrons. The second-order valence-electron chi connectivity index (χ2n) is 12.0. The molecule has 11 heteroatoms. The van der Waals surface area contributed by atoms with Crippen LogP contribution >= 0.6 is 11.5 Å². The van der Waals surface area contributed by atoms with E-state index in [1.165, 1.54) is 16.4 Å².